The fourth-order valence-electron chi connectivity index (χ4n) is 0.613. The minimum Gasteiger partial charge on any atom is -0.496 e. The smallest absolute Gasteiger partial charge is 0.121 e. The molecule has 0 spiro atoms. The second-order valence-electron chi connectivity index (χ2n) is 1.73. The average Bonchev–Trinajstić information content (AvgIpc) is 2.08. The van der Waals surface area contributed by atoms with Gasteiger partial charge in [-0.15, -0.1) is 0 Å². The molecule has 0 bridgehead atoms. The maximum Gasteiger partial charge on any atom is 0.121 e. The summed E-state index contributed by atoms with van der Waals surface area (Å²) in [6, 6.07) is 1.51. The molecule has 0 amide bonds. The molecule has 0 N–H and O–H groups in total. The number of hydrogen-bond acceptors (Lipinski definition) is 1. The summed E-state index contributed by atoms with van der Waals surface area (Å²) < 4.78 is 27.0. The van der Waals surface area contributed by atoms with Crippen molar-refractivity contribution >= 4 is 0 Å². The summed E-state index contributed by atoms with van der Waals surface area (Å²) in [5.74, 6) is 0.501. The van der Waals surface area contributed by atoms with Crippen molar-refractivity contribution < 1.29 is 8.85 Å². The first-order valence-corrected chi connectivity index (χ1v) is 2.69. The van der Waals surface area contributed by atoms with E-state index in [2.05, 4.69) is 0 Å². The third-order valence-electron chi connectivity index (χ3n) is 1.11. The molecule has 0 aliphatic heterocycles. The lowest BCUT2D eigenvalue weighted by Gasteiger charge is -2.00. The standard InChI is InChI=1S/C8H10O/c1-7-5-3-4-6-8(7)9-2/h3-6H,1-2H3/i3D,4D,5D. The van der Waals surface area contributed by atoms with E-state index in [1.165, 1.54) is 13.2 Å². The molecule has 0 atom stereocenters. The second-order valence-corrected chi connectivity index (χ2v) is 1.73. The molecule has 0 fully saturated rings. The average molecular weight is 125 g/mol. The Kier molecular flexibility index (Phi) is 0.916. The Hall–Kier alpha value is -0.980. The first kappa shape index (κ1) is 3.25. The van der Waals surface area contributed by atoms with E-state index in [-0.39, 0.29) is 18.1 Å². The molecule has 0 aliphatic carbocycles. The van der Waals surface area contributed by atoms with Crippen LogP contribution in [0.15, 0.2) is 24.2 Å². The molecule has 1 aromatic carbocycles. The zero-order valence-electron chi connectivity index (χ0n) is 8.49. The van der Waals surface area contributed by atoms with Gasteiger partial charge in [-0.3, -0.25) is 0 Å². The minimum absolute atomic E-state index is 0.0300. The Morgan fingerprint density at radius 2 is 2.33 bits per heavy atom. The van der Waals surface area contributed by atoms with E-state index >= 15 is 0 Å². The van der Waals surface area contributed by atoms with Crippen molar-refractivity contribution in [2.24, 2.45) is 0 Å². The number of ether oxygens (including phenoxy) is 1. The van der Waals surface area contributed by atoms with E-state index in [0.717, 1.165) is 0 Å². The summed E-state index contributed by atoms with van der Waals surface area (Å²) in [6.45, 7) is 1.71. The predicted octanol–water partition coefficient (Wildman–Crippen LogP) is 2.00. The van der Waals surface area contributed by atoms with Crippen molar-refractivity contribution in [3.05, 3.63) is 29.8 Å². The maximum atomic E-state index is 7.44. The lowest BCUT2D eigenvalue weighted by Crippen LogP contribution is -1.84. The van der Waals surface area contributed by atoms with Crippen LogP contribution in [0.4, 0.5) is 0 Å². The summed E-state index contributed by atoms with van der Waals surface area (Å²) in [5.41, 5.74) is 0.610. The van der Waals surface area contributed by atoms with Gasteiger partial charge in [0, 0.05) is 0 Å². The van der Waals surface area contributed by atoms with Crippen molar-refractivity contribution in [1.82, 2.24) is 0 Å². The highest BCUT2D eigenvalue weighted by atomic mass is 16.5. The van der Waals surface area contributed by atoms with Crippen LogP contribution in [-0.2, 0) is 0 Å². The molecule has 0 saturated carbocycles. The monoisotopic (exact) mass is 125 g/mol. The first-order chi connectivity index (χ1) is 5.57. The molecule has 9 heavy (non-hydrogen) atoms. The molecule has 0 aliphatic rings. The summed E-state index contributed by atoms with van der Waals surface area (Å²) >= 11 is 0. The number of benzene rings is 1. The Labute approximate surface area is 59.5 Å². The summed E-state index contributed by atoms with van der Waals surface area (Å²) in [7, 11) is 1.49. The van der Waals surface area contributed by atoms with Gasteiger partial charge in [-0.1, -0.05) is 18.1 Å². The third kappa shape index (κ3) is 1.22. The highest BCUT2D eigenvalue weighted by Crippen LogP contribution is 2.14. The summed E-state index contributed by atoms with van der Waals surface area (Å²) in [4.78, 5) is 0. The molecule has 0 aromatic heterocycles. The van der Waals surface area contributed by atoms with Crippen LogP contribution in [0.3, 0.4) is 0 Å². The molecule has 48 valence electrons. The molecule has 1 nitrogen and oxygen atoms in total. The van der Waals surface area contributed by atoms with Crippen molar-refractivity contribution in [3.8, 4) is 5.75 Å². The highest BCUT2D eigenvalue weighted by molar-refractivity contribution is 5.31. The van der Waals surface area contributed by atoms with Crippen LogP contribution >= 0.6 is 0 Å². The molecule has 0 radical (unpaired) electrons. The van der Waals surface area contributed by atoms with Crippen LogP contribution < -0.4 is 4.74 Å². The highest BCUT2D eigenvalue weighted by Gasteiger charge is 1.90. The molecule has 1 rings (SSSR count). The zero-order valence-corrected chi connectivity index (χ0v) is 5.49. The van der Waals surface area contributed by atoms with Gasteiger partial charge < -0.3 is 4.74 Å². The topological polar surface area (TPSA) is 9.23 Å². The number of methoxy groups -OCH3 is 1. The van der Waals surface area contributed by atoms with E-state index in [9.17, 15) is 0 Å². The summed E-state index contributed by atoms with van der Waals surface area (Å²) in [5, 5.41) is 0. The van der Waals surface area contributed by atoms with Gasteiger partial charge in [-0.25, -0.2) is 0 Å². The van der Waals surface area contributed by atoms with Gasteiger partial charge in [0.1, 0.15) is 5.75 Å². The largest absolute Gasteiger partial charge is 0.496 e. The normalized spacial score (nSPS) is 13.8. The van der Waals surface area contributed by atoms with Gasteiger partial charge in [0.15, 0.2) is 0 Å². The van der Waals surface area contributed by atoms with E-state index in [1.807, 2.05) is 0 Å². The Morgan fingerprint density at radius 3 is 3.00 bits per heavy atom. The van der Waals surface area contributed by atoms with E-state index in [4.69, 9.17) is 8.85 Å². The van der Waals surface area contributed by atoms with Crippen LogP contribution in [0.1, 0.15) is 9.68 Å². The summed E-state index contributed by atoms with van der Waals surface area (Å²) in [6.07, 6.45) is 0. The van der Waals surface area contributed by atoms with Gasteiger partial charge in [0.25, 0.3) is 0 Å². The van der Waals surface area contributed by atoms with E-state index in [1.54, 1.807) is 6.92 Å². The molecule has 0 unspecified atom stereocenters. The van der Waals surface area contributed by atoms with Crippen LogP contribution in [0.5, 0.6) is 5.75 Å². The Morgan fingerprint density at radius 1 is 1.56 bits per heavy atom. The predicted molar refractivity (Wildman–Crippen MR) is 37.7 cm³/mol. The van der Waals surface area contributed by atoms with E-state index in [0.29, 0.717) is 11.3 Å². The fraction of sp³-hybridized carbons (Fsp3) is 0.250. The van der Waals surface area contributed by atoms with Crippen molar-refractivity contribution in [2.45, 2.75) is 6.92 Å². The van der Waals surface area contributed by atoms with Crippen molar-refractivity contribution in [3.63, 3.8) is 0 Å². The molecule has 1 aromatic rings. The lowest BCUT2D eigenvalue weighted by molar-refractivity contribution is 0.411. The van der Waals surface area contributed by atoms with Crippen LogP contribution in [0.25, 0.3) is 0 Å². The third-order valence-corrected chi connectivity index (χ3v) is 1.11. The molecule has 0 heterocycles. The number of rotatable bonds is 1. The van der Waals surface area contributed by atoms with Crippen LogP contribution in [0.2, 0.25) is 0 Å². The quantitative estimate of drug-likeness (QED) is 0.557. The fourth-order valence-corrected chi connectivity index (χ4v) is 0.613. The molecule has 1 heteroatoms. The van der Waals surface area contributed by atoms with Gasteiger partial charge in [-0.05, 0) is 18.6 Å². The first-order valence-electron chi connectivity index (χ1n) is 4.19. The minimum atomic E-state index is -0.0479. The van der Waals surface area contributed by atoms with Gasteiger partial charge in [0.05, 0.1) is 11.2 Å². The van der Waals surface area contributed by atoms with Crippen LogP contribution in [-0.4, -0.2) is 7.11 Å². The Balaban J connectivity index is 3.39. The zero-order chi connectivity index (χ0) is 9.30. The molecular weight excluding hydrogens is 112 g/mol. The van der Waals surface area contributed by atoms with Crippen LogP contribution in [0, 0.1) is 6.92 Å². The maximum absolute atomic E-state index is 7.44. The van der Waals surface area contributed by atoms with Crippen molar-refractivity contribution in [2.75, 3.05) is 7.11 Å². The van der Waals surface area contributed by atoms with Crippen molar-refractivity contribution in [1.29, 1.82) is 0 Å². The van der Waals surface area contributed by atoms with Gasteiger partial charge in [-0.2, -0.15) is 0 Å². The van der Waals surface area contributed by atoms with E-state index < -0.39 is 0 Å². The lowest BCUT2D eigenvalue weighted by atomic mass is 10.2. The van der Waals surface area contributed by atoms with Gasteiger partial charge >= 0.3 is 0 Å². The SMILES string of the molecule is [2H]c1cc(OC)c(C)c([2H])c1[2H]. The number of hydrogen-bond donors (Lipinski definition) is 0. The molecule has 0 saturated heterocycles. The second kappa shape index (κ2) is 2.53. The van der Waals surface area contributed by atoms with Gasteiger partial charge in [0.2, 0.25) is 0 Å². The number of para-hydroxylation sites is 1. The molecular formula is C8H10O. The Bertz CT molecular complexity index is 310.